The van der Waals surface area contributed by atoms with Crippen LogP contribution in [0.5, 0.6) is 0 Å². The fraction of sp³-hybridized carbons (Fsp3) is 0.538. The summed E-state index contributed by atoms with van der Waals surface area (Å²) in [5.74, 6) is 0.578. The molecule has 4 heterocycles. The summed E-state index contributed by atoms with van der Waals surface area (Å²) in [6.07, 6.45) is 7.14. The van der Waals surface area contributed by atoms with Gasteiger partial charge in [0.05, 0.1) is 11.2 Å². The van der Waals surface area contributed by atoms with E-state index >= 15 is 0 Å². The number of ketones is 2. The van der Waals surface area contributed by atoms with Crippen LogP contribution in [0.1, 0.15) is 64.5 Å². The molecular formula is C26H30O4. The van der Waals surface area contributed by atoms with Crippen molar-refractivity contribution in [1.29, 1.82) is 0 Å². The Labute approximate surface area is 178 Å². The number of hydrogen-bond donors (Lipinski definition) is 0. The van der Waals surface area contributed by atoms with Crippen LogP contribution in [-0.4, -0.2) is 35.0 Å². The zero-order chi connectivity index (χ0) is 21.3. The van der Waals surface area contributed by atoms with Gasteiger partial charge in [0.2, 0.25) is 0 Å². The van der Waals surface area contributed by atoms with Crippen molar-refractivity contribution in [2.75, 3.05) is 0 Å². The molecule has 2 aliphatic carbocycles. The largest absolute Gasteiger partial charge is 0.364 e. The zero-order valence-electron chi connectivity index (χ0n) is 18.2. The van der Waals surface area contributed by atoms with Crippen molar-refractivity contribution in [3.05, 3.63) is 46.5 Å². The van der Waals surface area contributed by atoms with Crippen molar-refractivity contribution in [3.63, 3.8) is 0 Å². The molecule has 4 aliphatic heterocycles. The van der Waals surface area contributed by atoms with Crippen LogP contribution in [0.15, 0.2) is 35.4 Å². The Balaban J connectivity index is 1.42. The lowest BCUT2D eigenvalue weighted by molar-refractivity contribution is -0.172. The topological polar surface area (TPSA) is 52.6 Å². The Morgan fingerprint density at radius 1 is 0.700 bits per heavy atom. The molecular weight excluding hydrogens is 376 g/mol. The first-order valence-corrected chi connectivity index (χ1v) is 11.1. The molecule has 0 aromatic heterocycles. The molecule has 7 rings (SSSR count). The number of carbonyl (C=O) groups excluding carboxylic acids is 2. The van der Waals surface area contributed by atoms with Gasteiger partial charge in [0.25, 0.3) is 0 Å². The minimum atomic E-state index is -0.293. The summed E-state index contributed by atoms with van der Waals surface area (Å²) in [6.45, 7) is 8.33. The molecule has 0 radical (unpaired) electrons. The Morgan fingerprint density at radius 2 is 1.07 bits per heavy atom. The summed E-state index contributed by atoms with van der Waals surface area (Å²) in [5, 5.41) is 0. The Bertz CT molecular complexity index is 884. The molecule has 4 unspecified atom stereocenters. The third-order valence-electron chi connectivity index (χ3n) is 7.49. The van der Waals surface area contributed by atoms with E-state index in [9.17, 15) is 9.59 Å². The number of Topliss-reactive ketones (excluding diaryl/α,β-unsaturated/α-hetero) is 2. The van der Waals surface area contributed by atoms with E-state index in [2.05, 4.69) is 27.7 Å². The molecule has 4 heteroatoms. The van der Waals surface area contributed by atoms with Crippen LogP contribution in [-0.2, 0) is 19.1 Å². The van der Waals surface area contributed by atoms with Crippen LogP contribution in [0.2, 0.25) is 0 Å². The van der Waals surface area contributed by atoms with Crippen molar-refractivity contribution in [2.45, 2.75) is 76.8 Å². The standard InChI is InChI=1S/C26H30O4/c1-25(2)19-9-11-21(29-25)23(27)17(19)13-15-5-7-16(8-6-15)14-18-20-10-12-22(24(18)28)30-26(20,3)4/h5-8,13-14,19-22H,9-12H2,1-4H3. The van der Waals surface area contributed by atoms with Crippen LogP contribution in [0.25, 0.3) is 12.2 Å². The normalized spacial score (nSPS) is 36.7. The second-order valence-corrected chi connectivity index (χ2v) is 10.3. The first-order valence-electron chi connectivity index (χ1n) is 11.1. The van der Waals surface area contributed by atoms with Gasteiger partial charge in [-0.15, -0.1) is 0 Å². The fourth-order valence-electron chi connectivity index (χ4n) is 5.88. The molecule has 4 nitrogen and oxygen atoms in total. The summed E-state index contributed by atoms with van der Waals surface area (Å²) in [7, 11) is 0. The molecule has 0 amide bonds. The quantitative estimate of drug-likeness (QED) is 0.664. The number of hydrogen-bond acceptors (Lipinski definition) is 4. The Kier molecular flexibility index (Phi) is 4.46. The molecule has 0 spiro atoms. The van der Waals surface area contributed by atoms with Crippen molar-refractivity contribution in [3.8, 4) is 0 Å². The van der Waals surface area contributed by atoms with Gasteiger partial charge in [-0.2, -0.15) is 0 Å². The van der Waals surface area contributed by atoms with Crippen LogP contribution in [0, 0.1) is 11.8 Å². The summed E-state index contributed by atoms with van der Waals surface area (Å²) < 4.78 is 11.9. The lowest BCUT2D eigenvalue weighted by Crippen LogP contribution is -2.54. The monoisotopic (exact) mass is 406 g/mol. The average molecular weight is 407 g/mol. The van der Waals surface area contributed by atoms with Gasteiger partial charge in [0, 0.05) is 23.0 Å². The lowest BCUT2D eigenvalue weighted by Gasteiger charge is -2.48. The molecule has 30 heavy (non-hydrogen) atoms. The number of benzene rings is 1. The number of fused-ring (bicyclic) bond motifs is 6. The zero-order valence-corrected chi connectivity index (χ0v) is 18.2. The highest BCUT2D eigenvalue weighted by Crippen LogP contribution is 2.47. The SMILES string of the molecule is CC1(C)OC2CCC1C(=Cc1ccc(C=C3C(=O)C4CCC3C(C)(C)O4)cc1)C2=O. The van der Waals surface area contributed by atoms with E-state index in [4.69, 9.17) is 9.47 Å². The highest BCUT2D eigenvalue weighted by molar-refractivity contribution is 6.05. The van der Waals surface area contributed by atoms with E-state index in [0.29, 0.717) is 0 Å². The van der Waals surface area contributed by atoms with Gasteiger partial charge < -0.3 is 9.47 Å². The van der Waals surface area contributed by atoms with Gasteiger partial charge in [-0.05, 0) is 76.7 Å². The second kappa shape index (κ2) is 6.73. The van der Waals surface area contributed by atoms with Gasteiger partial charge >= 0.3 is 0 Å². The summed E-state index contributed by atoms with van der Waals surface area (Å²) in [4.78, 5) is 25.5. The maximum absolute atomic E-state index is 12.7. The predicted octanol–water partition coefficient (Wildman–Crippen LogP) is 4.77. The number of rotatable bonds is 2. The lowest BCUT2D eigenvalue weighted by atomic mass is 9.69. The van der Waals surface area contributed by atoms with E-state index < -0.39 is 0 Å². The van der Waals surface area contributed by atoms with Gasteiger partial charge in [-0.1, -0.05) is 24.3 Å². The Morgan fingerprint density at radius 3 is 1.40 bits per heavy atom. The van der Waals surface area contributed by atoms with E-state index in [0.717, 1.165) is 48.0 Å². The van der Waals surface area contributed by atoms with Crippen molar-refractivity contribution >= 4 is 23.7 Å². The first-order chi connectivity index (χ1) is 14.2. The van der Waals surface area contributed by atoms with Gasteiger partial charge in [-0.25, -0.2) is 0 Å². The minimum Gasteiger partial charge on any atom is -0.364 e. The molecule has 158 valence electrons. The maximum Gasteiger partial charge on any atom is 0.187 e. The highest BCUT2D eigenvalue weighted by atomic mass is 16.5. The van der Waals surface area contributed by atoms with Crippen molar-refractivity contribution in [2.24, 2.45) is 11.8 Å². The van der Waals surface area contributed by atoms with E-state index in [1.165, 1.54) is 0 Å². The van der Waals surface area contributed by atoms with Crippen LogP contribution in [0.3, 0.4) is 0 Å². The summed E-state index contributed by atoms with van der Waals surface area (Å²) in [6, 6.07) is 8.15. The molecule has 1 aromatic rings. The first kappa shape index (κ1) is 19.9. The maximum atomic E-state index is 12.7. The molecule has 0 N–H and O–H groups in total. The van der Waals surface area contributed by atoms with E-state index in [1.807, 2.05) is 36.4 Å². The van der Waals surface area contributed by atoms with Crippen LogP contribution in [0.4, 0.5) is 0 Å². The second-order valence-electron chi connectivity index (χ2n) is 10.3. The van der Waals surface area contributed by atoms with Crippen LogP contribution >= 0.6 is 0 Å². The van der Waals surface area contributed by atoms with Gasteiger partial charge in [0.1, 0.15) is 12.2 Å². The molecule has 6 fully saturated rings. The third kappa shape index (κ3) is 3.12. The smallest absolute Gasteiger partial charge is 0.187 e. The highest BCUT2D eigenvalue weighted by Gasteiger charge is 2.50. The number of carbonyl (C=O) groups is 2. The van der Waals surface area contributed by atoms with Crippen molar-refractivity contribution in [1.82, 2.24) is 0 Å². The molecule has 4 saturated heterocycles. The molecule has 2 saturated carbocycles. The van der Waals surface area contributed by atoms with Gasteiger partial charge in [-0.3, -0.25) is 9.59 Å². The third-order valence-corrected chi connectivity index (χ3v) is 7.49. The fourth-order valence-corrected chi connectivity index (χ4v) is 5.88. The van der Waals surface area contributed by atoms with Crippen molar-refractivity contribution < 1.29 is 19.1 Å². The van der Waals surface area contributed by atoms with E-state index in [-0.39, 0.29) is 46.8 Å². The Hall–Kier alpha value is -2.04. The average Bonchev–Trinajstić information content (AvgIpc) is 2.68. The van der Waals surface area contributed by atoms with Crippen LogP contribution < -0.4 is 0 Å². The summed E-state index contributed by atoms with van der Waals surface area (Å²) >= 11 is 0. The molecule has 1 aromatic carbocycles. The molecule has 4 atom stereocenters. The predicted molar refractivity (Wildman–Crippen MR) is 116 cm³/mol. The molecule has 4 bridgehead atoms. The van der Waals surface area contributed by atoms with E-state index in [1.54, 1.807) is 0 Å². The van der Waals surface area contributed by atoms with Gasteiger partial charge in [0.15, 0.2) is 11.6 Å². The minimum absolute atomic E-state index is 0.142. The molecule has 6 aliphatic rings. The number of ether oxygens (including phenoxy) is 2. The summed E-state index contributed by atoms with van der Waals surface area (Å²) in [5.41, 5.74) is 3.25.